The Hall–Kier alpha value is -0.940. The SMILES string of the molecule is O=S(=O)(Cl)c1c(OC(F)(F)F)cc(C(F)(F)F)nc1CCl. The molecule has 120 valence electrons. The van der Waals surface area contributed by atoms with Crippen LogP contribution in [0.25, 0.3) is 0 Å². The maximum absolute atomic E-state index is 12.5. The number of alkyl halides is 7. The first kappa shape index (κ1) is 18.1. The Morgan fingerprint density at radius 1 is 1.19 bits per heavy atom. The Kier molecular flexibility index (Phi) is 4.91. The van der Waals surface area contributed by atoms with Crippen molar-refractivity contribution in [2.24, 2.45) is 0 Å². The summed E-state index contributed by atoms with van der Waals surface area (Å²) in [5.74, 6) is -2.59. The molecule has 13 heteroatoms. The van der Waals surface area contributed by atoms with Gasteiger partial charge in [0.1, 0.15) is 10.6 Å². The van der Waals surface area contributed by atoms with Crippen molar-refractivity contribution in [2.75, 3.05) is 0 Å². The predicted octanol–water partition coefficient (Wildman–Crippen LogP) is 3.67. The maximum Gasteiger partial charge on any atom is 0.573 e. The van der Waals surface area contributed by atoms with Crippen LogP contribution in [0.15, 0.2) is 11.0 Å². The summed E-state index contributed by atoms with van der Waals surface area (Å²) in [5.41, 5.74) is -2.82. The van der Waals surface area contributed by atoms with E-state index in [1.807, 2.05) is 0 Å². The fourth-order valence-corrected chi connectivity index (χ4v) is 2.77. The van der Waals surface area contributed by atoms with Crippen LogP contribution >= 0.6 is 22.3 Å². The van der Waals surface area contributed by atoms with E-state index in [4.69, 9.17) is 22.3 Å². The fraction of sp³-hybridized carbons (Fsp3) is 0.375. The second kappa shape index (κ2) is 5.69. The zero-order valence-corrected chi connectivity index (χ0v) is 11.7. The summed E-state index contributed by atoms with van der Waals surface area (Å²) >= 11 is 5.21. The lowest BCUT2D eigenvalue weighted by atomic mass is 10.3. The Morgan fingerprint density at radius 3 is 2.05 bits per heavy atom. The van der Waals surface area contributed by atoms with Gasteiger partial charge in [-0.05, 0) is 0 Å². The van der Waals surface area contributed by atoms with Gasteiger partial charge < -0.3 is 4.74 Å². The smallest absolute Gasteiger partial charge is 0.404 e. The fourth-order valence-electron chi connectivity index (χ4n) is 1.26. The molecule has 1 rings (SSSR count). The maximum atomic E-state index is 12.5. The van der Waals surface area contributed by atoms with Gasteiger partial charge in [0.05, 0.1) is 11.6 Å². The lowest BCUT2D eigenvalue weighted by Crippen LogP contribution is -2.21. The van der Waals surface area contributed by atoms with Crippen molar-refractivity contribution in [1.82, 2.24) is 4.98 Å². The van der Waals surface area contributed by atoms with Gasteiger partial charge in [0, 0.05) is 16.7 Å². The molecule has 0 bridgehead atoms. The van der Waals surface area contributed by atoms with Crippen molar-refractivity contribution >= 4 is 31.3 Å². The van der Waals surface area contributed by atoms with Gasteiger partial charge in [-0.25, -0.2) is 13.4 Å². The highest BCUT2D eigenvalue weighted by Crippen LogP contribution is 2.38. The Balaban J connectivity index is 3.69. The minimum atomic E-state index is -5.44. The van der Waals surface area contributed by atoms with Crippen molar-refractivity contribution in [1.29, 1.82) is 0 Å². The van der Waals surface area contributed by atoms with Crippen molar-refractivity contribution < 1.29 is 39.5 Å². The normalized spacial score (nSPS) is 13.3. The van der Waals surface area contributed by atoms with Gasteiger partial charge in [0.15, 0.2) is 5.75 Å². The van der Waals surface area contributed by atoms with Crippen molar-refractivity contribution in [3.8, 4) is 5.75 Å². The average Bonchev–Trinajstić information content (AvgIpc) is 2.22. The molecule has 0 aliphatic carbocycles. The number of ether oxygens (including phenoxy) is 1. The van der Waals surface area contributed by atoms with E-state index in [1.165, 1.54) is 0 Å². The first-order valence-electron chi connectivity index (χ1n) is 4.63. The molecule has 0 aliphatic heterocycles. The topological polar surface area (TPSA) is 56.3 Å². The van der Waals surface area contributed by atoms with Gasteiger partial charge in [-0.2, -0.15) is 13.2 Å². The van der Waals surface area contributed by atoms with Crippen LogP contribution in [0.5, 0.6) is 5.75 Å². The third kappa shape index (κ3) is 4.78. The molecule has 0 aliphatic rings. The van der Waals surface area contributed by atoms with Gasteiger partial charge in [-0.1, -0.05) is 0 Å². The largest absolute Gasteiger partial charge is 0.573 e. The van der Waals surface area contributed by atoms with Crippen LogP contribution in [0.4, 0.5) is 26.3 Å². The van der Waals surface area contributed by atoms with Crippen molar-refractivity contribution in [3.05, 3.63) is 17.5 Å². The zero-order valence-electron chi connectivity index (χ0n) is 9.39. The summed E-state index contributed by atoms with van der Waals surface area (Å²) in [6, 6.07) is -0.223. The molecule has 0 unspecified atom stereocenters. The molecule has 0 fully saturated rings. The molecule has 0 spiro atoms. The molecule has 0 aromatic carbocycles. The summed E-state index contributed by atoms with van der Waals surface area (Å²) in [7, 11) is 0.0101. The minimum absolute atomic E-state index is 0.223. The monoisotopic (exact) mass is 377 g/mol. The Morgan fingerprint density at radius 2 is 1.71 bits per heavy atom. The van der Waals surface area contributed by atoms with E-state index in [2.05, 4.69) is 9.72 Å². The number of nitrogens with zero attached hydrogens (tertiary/aromatic N) is 1. The second-order valence-corrected chi connectivity index (χ2v) is 6.17. The molecular weight excluding hydrogens is 375 g/mol. The van der Waals surface area contributed by atoms with Crippen LogP contribution in [0.2, 0.25) is 0 Å². The first-order valence-corrected chi connectivity index (χ1v) is 7.47. The lowest BCUT2D eigenvalue weighted by Gasteiger charge is -2.16. The zero-order chi connectivity index (χ0) is 16.6. The summed E-state index contributed by atoms with van der Waals surface area (Å²) in [6.45, 7) is 0. The summed E-state index contributed by atoms with van der Waals surface area (Å²) < 4.78 is 99.8. The van der Waals surface area contributed by atoms with Gasteiger partial charge in [-0.15, -0.1) is 24.8 Å². The van der Waals surface area contributed by atoms with Gasteiger partial charge >= 0.3 is 12.5 Å². The van der Waals surface area contributed by atoms with Gasteiger partial charge in [0.2, 0.25) is 0 Å². The van der Waals surface area contributed by atoms with Crippen molar-refractivity contribution in [3.63, 3.8) is 0 Å². The van der Waals surface area contributed by atoms with Gasteiger partial charge in [-0.3, -0.25) is 0 Å². The van der Waals surface area contributed by atoms with Crippen LogP contribution in [0.3, 0.4) is 0 Å². The highest BCUT2D eigenvalue weighted by molar-refractivity contribution is 8.13. The second-order valence-electron chi connectivity index (χ2n) is 3.40. The molecule has 1 aromatic rings. The summed E-state index contributed by atoms with van der Waals surface area (Å²) in [5, 5.41) is 0. The molecule has 0 saturated carbocycles. The van der Waals surface area contributed by atoms with Gasteiger partial charge in [0.25, 0.3) is 9.05 Å². The molecule has 4 nitrogen and oxygen atoms in total. The average molecular weight is 378 g/mol. The molecule has 0 amide bonds. The van der Waals surface area contributed by atoms with Crippen molar-refractivity contribution in [2.45, 2.75) is 23.3 Å². The molecule has 1 heterocycles. The van der Waals surface area contributed by atoms with Crippen LogP contribution in [0, 0.1) is 0 Å². The van der Waals surface area contributed by atoms with E-state index < -0.39 is 49.5 Å². The quantitative estimate of drug-likeness (QED) is 0.458. The molecule has 0 radical (unpaired) electrons. The third-order valence-corrected chi connectivity index (χ3v) is 3.54. The van der Waals surface area contributed by atoms with Crippen LogP contribution in [0.1, 0.15) is 11.4 Å². The molecule has 0 saturated heterocycles. The Bertz CT molecular complexity index is 643. The first-order chi connectivity index (χ1) is 9.25. The van der Waals surface area contributed by atoms with E-state index in [1.54, 1.807) is 0 Å². The molecule has 0 N–H and O–H groups in total. The number of pyridine rings is 1. The number of hydrogen-bond acceptors (Lipinski definition) is 4. The van der Waals surface area contributed by atoms with E-state index in [9.17, 15) is 34.8 Å². The predicted molar refractivity (Wildman–Crippen MR) is 58.5 cm³/mol. The standard InChI is InChI=1S/C8H3Cl2F6NO3S/c9-2-3-6(21(10,18)19)4(20-8(14,15)16)1-5(17-3)7(11,12)13/h1H,2H2. The number of hydrogen-bond donors (Lipinski definition) is 0. The van der Waals surface area contributed by atoms with Crippen LogP contribution < -0.4 is 4.74 Å². The minimum Gasteiger partial charge on any atom is -0.404 e. The Labute approximate surface area is 123 Å². The van der Waals surface area contributed by atoms with E-state index in [-0.39, 0.29) is 6.07 Å². The summed E-state index contributed by atoms with van der Waals surface area (Å²) in [6.07, 6.45) is -10.6. The van der Waals surface area contributed by atoms with Crippen LogP contribution in [-0.2, 0) is 21.1 Å². The number of halogens is 8. The molecular formula is C8H3Cl2F6NO3S. The van der Waals surface area contributed by atoms with E-state index >= 15 is 0 Å². The molecule has 1 aromatic heterocycles. The molecule has 21 heavy (non-hydrogen) atoms. The van der Waals surface area contributed by atoms with E-state index in [0.29, 0.717) is 0 Å². The summed E-state index contributed by atoms with van der Waals surface area (Å²) in [4.78, 5) is 1.48. The third-order valence-electron chi connectivity index (χ3n) is 1.90. The number of rotatable bonds is 3. The molecule has 0 atom stereocenters. The number of aromatic nitrogens is 1. The van der Waals surface area contributed by atoms with Crippen LogP contribution in [-0.4, -0.2) is 19.8 Å². The lowest BCUT2D eigenvalue weighted by molar-refractivity contribution is -0.275. The highest BCUT2D eigenvalue weighted by Gasteiger charge is 2.40. The highest BCUT2D eigenvalue weighted by atomic mass is 35.7. The van der Waals surface area contributed by atoms with E-state index in [0.717, 1.165) is 0 Å².